The van der Waals surface area contributed by atoms with E-state index in [1.807, 2.05) is 0 Å². The fourth-order valence-corrected chi connectivity index (χ4v) is 3.45. The maximum absolute atomic E-state index is 11.5. The van der Waals surface area contributed by atoms with E-state index in [1.165, 1.54) is 69.9 Å². The molecule has 0 aromatic heterocycles. The number of carboxylic acids is 1. The van der Waals surface area contributed by atoms with E-state index < -0.39 is 16.8 Å². The van der Waals surface area contributed by atoms with Gasteiger partial charge in [0.15, 0.2) is 0 Å². The van der Waals surface area contributed by atoms with E-state index in [-0.39, 0.29) is 11.8 Å². The van der Waals surface area contributed by atoms with Crippen LogP contribution >= 0.6 is 0 Å². The Morgan fingerprint density at radius 2 is 1.26 bits per heavy atom. The van der Waals surface area contributed by atoms with E-state index >= 15 is 0 Å². The predicted octanol–water partition coefficient (Wildman–Crippen LogP) is 7.24. The Labute approximate surface area is 188 Å². The number of nitrogens with zero attached hydrogens (tertiary/aromatic N) is 1. The monoisotopic (exact) mass is 437 g/mol. The van der Waals surface area contributed by atoms with Crippen molar-refractivity contribution >= 4 is 11.7 Å². The summed E-state index contributed by atoms with van der Waals surface area (Å²) in [5.41, 5.74) is 0.643. The molecule has 0 aliphatic rings. The van der Waals surface area contributed by atoms with Crippen LogP contribution in [0, 0.1) is 10.1 Å². The molecule has 2 N–H and O–H groups in total. The Bertz CT molecular complexity index is 583. The molecule has 6 heteroatoms. The number of unbranched alkanes of at least 4 members (excludes halogenated alkanes) is 11. The van der Waals surface area contributed by atoms with Crippen molar-refractivity contribution in [3.05, 3.63) is 39.9 Å². The molecule has 1 aromatic rings. The first kappa shape index (κ1) is 29.1. The third-order valence-electron chi connectivity index (χ3n) is 5.15. The lowest BCUT2D eigenvalue weighted by atomic mass is 9.92. The molecule has 1 rings (SSSR count). The second kappa shape index (κ2) is 18.8. The van der Waals surface area contributed by atoms with Crippen molar-refractivity contribution < 1.29 is 19.9 Å². The molecule has 0 amide bonds. The molecule has 31 heavy (non-hydrogen) atoms. The minimum Gasteiger partial charge on any atom is -0.481 e. The Morgan fingerprint density at radius 1 is 0.871 bits per heavy atom. The molecule has 1 aromatic carbocycles. The number of carbonyl (C=O) groups is 1. The van der Waals surface area contributed by atoms with Crippen molar-refractivity contribution in [2.75, 3.05) is 0 Å². The quantitative estimate of drug-likeness (QED) is 0.161. The van der Waals surface area contributed by atoms with Crippen LogP contribution < -0.4 is 0 Å². The molecule has 1 unspecified atom stereocenters. The van der Waals surface area contributed by atoms with Crippen molar-refractivity contribution in [3.63, 3.8) is 0 Å². The fourth-order valence-electron chi connectivity index (χ4n) is 3.45. The molecule has 178 valence electrons. The Kier molecular flexibility index (Phi) is 17.6. The van der Waals surface area contributed by atoms with Crippen LogP contribution in [-0.2, 0) is 4.79 Å². The van der Waals surface area contributed by atoms with Crippen LogP contribution in [0.3, 0.4) is 0 Å². The highest BCUT2D eigenvalue weighted by molar-refractivity contribution is 5.76. The molecule has 0 fully saturated rings. The molecule has 0 saturated carbocycles. The normalized spacial score (nSPS) is 11.6. The second-order valence-electron chi connectivity index (χ2n) is 8.51. The zero-order chi connectivity index (χ0) is 23.5. The number of aliphatic carboxylic acids is 1. The summed E-state index contributed by atoms with van der Waals surface area (Å²) in [6, 6.07) is 5.90. The van der Waals surface area contributed by atoms with Gasteiger partial charge >= 0.3 is 5.97 Å². The van der Waals surface area contributed by atoms with Crippen LogP contribution in [-0.4, -0.2) is 27.2 Å². The number of aliphatic hydroxyl groups excluding tert-OH is 1. The summed E-state index contributed by atoms with van der Waals surface area (Å²) in [6.07, 6.45) is 15.4. The predicted molar refractivity (Wildman–Crippen MR) is 127 cm³/mol. The maximum atomic E-state index is 11.5. The van der Waals surface area contributed by atoms with Crippen LogP contribution in [0.1, 0.15) is 116 Å². The second-order valence-corrected chi connectivity index (χ2v) is 8.51. The van der Waals surface area contributed by atoms with Crippen LogP contribution in [0.25, 0.3) is 0 Å². The van der Waals surface area contributed by atoms with Crippen molar-refractivity contribution in [1.29, 1.82) is 0 Å². The summed E-state index contributed by atoms with van der Waals surface area (Å²) in [5, 5.41) is 28.2. The fraction of sp³-hybridized carbons (Fsp3) is 0.720. The van der Waals surface area contributed by atoms with Gasteiger partial charge < -0.3 is 10.2 Å². The molecular formula is C25H43NO5. The molecule has 0 radical (unpaired) electrons. The Hall–Kier alpha value is -1.95. The molecule has 0 aliphatic heterocycles. The van der Waals surface area contributed by atoms with E-state index in [2.05, 4.69) is 6.92 Å². The van der Waals surface area contributed by atoms with Crippen LogP contribution in [0.4, 0.5) is 5.69 Å². The highest BCUT2D eigenvalue weighted by Gasteiger charge is 2.20. The minimum atomic E-state index is -0.855. The molecule has 0 spiro atoms. The first-order chi connectivity index (χ1) is 14.8. The number of nitro benzene ring substituents is 1. The van der Waals surface area contributed by atoms with Gasteiger partial charge in [-0.1, -0.05) is 96.1 Å². The highest BCUT2D eigenvalue weighted by Crippen LogP contribution is 2.25. The zero-order valence-electron chi connectivity index (χ0n) is 19.7. The van der Waals surface area contributed by atoms with E-state index in [4.69, 9.17) is 5.11 Å². The molecule has 0 bridgehead atoms. The Balaban J connectivity index is 0.00000206. The number of aliphatic hydroxyl groups is 1. The average Bonchev–Trinajstić information content (AvgIpc) is 2.71. The van der Waals surface area contributed by atoms with Gasteiger partial charge in [0.2, 0.25) is 0 Å². The largest absolute Gasteiger partial charge is 0.481 e. The standard InChI is InChI=1S/C22H35NO4.C3H8O/c1-2-3-4-5-6-7-8-9-10-11-12-13-14-21(22(24)25)19-15-17-20(18-16-19)23(26)27;1-3(2)4/h15-18,21H,2-14H2,1H3,(H,24,25);3-4H,1-2H3. The summed E-state index contributed by atoms with van der Waals surface area (Å²) < 4.78 is 0. The third-order valence-corrected chi connectivity index (χ3v) is 5.15. The summed E-state index contributed by atoms with van der Waals surface area (Å²) in [6.45, 7) is 5.69. The molecule has 1 atom stereocenters. The number of hydrogen-bond donors (Lipinski definition) is 2. The van der Waals surface area contributed by atoms with Crippen molar-refractivity contribution in [2.45, 2.75) is 116 Å². The molecular weight excluding hydrogens is 394 g/mol. The number of benzene rings is 1. The van der Waals surface area contributed by atoms with Gasteiger partial charge in [0.05, 0.1) is 10.8 Å². The number of non-ortho nitro benzene ring substituents is 1. The van der Waals surface area contributed by atoms with Gasteiger partial charge in [0.1, 0.15) is 0 Å². The van der Waals surface area contributed by atoms with E-state index in [1.54, 1.807) is 26.0 Å². The maximum Gasteiger partial charge on any atom is 0.310 e. The van der Waals surface area contributed by atoms with E-state index in [0.717, 1.165) is 19.3 Å². The first-order valence-electron chi connectivity index (χ1n) is 11.9. The van der Waals surface area contributed by atoms with Crippen molar-refractivity contribution in [2.24, 2.45) is 0 Å². The van der Waals surface area contributed by atoms with Gasteiger partial charge in [-0.25, -0.2) is 0 Å². The lowest BCUT2D eigenvalue weighted by molar-refractivity contribution is -0.384. The number of carboxylic acid groups (broad SMARTS) is 1. The van der Waals surface area contributed by atoms with Crippen molar-refractivity contribution in [3.8, 4) is 0 Å². The number of nitro groups is 1. The van der Waals surface area contributed by atoms with Gasteiger partial charge in [-0.15, -0.1) is 0 Å². The summed E-state index contributed by atoms with van der Waals surface area (Å²) in [4.78, 5) is 21.8. The Morgan fingerprint density at radius 3 is 1.61 bits per heavy atom. The number of rotatable bonds is 16. The van der Waals surface area contributed by atoms with Crippen LogP contribution in [0.15, 0.2) is 24.3 Å². The smallest absolute Gasteiger partial charge is 0.310 e. The summed E-state index contributed by atoms with van der Waals surface area (Å²) in [7, 11) is 0. The summed E-state index contributed by atoms with van der Waals surface area (Å²) in [5.74, 6) is -1.43. The van der Waals surface area contributed by atoms with Crippen LogP contribution in [0.5, 0.6) is 0 Å². The van der Waals surface area contributed by atoms with Gasteiger partial charge in [-0.3, -0.25) is 14.9 Å². The van der Waals surface area contributed by atoms with E-state index in [0.29, 0.717) is 12.0 Å². The SMILES string of the molecule is CC(C)O.CCCCCCCCCCCCCCC(C(=O)O)c1ccc([N+](=O)[O-])cc1. The lowest BCUT2D eigenvalue weighted by Gasteiger charge is -2.12. The third kappa shape index (κ3) is 16.4. The molecule has 0 saturated heterocycles. The van der Waals surface area contributed by atoms with Gasteiger partial charge in [-0.05, 0) is 25.8 Å². The van der Waals surface area contributed by atoms with Gasteiger partial charge in [0, 0.05) is 18.2 Å². The molecule has 0 heterocycles. The van der Waals surface area contributed by atoms with Crippen LogP contribution in [0.2, 0.25) is 0 Å². The summed E-state index contributed by atoms with van der Waals surface area (Å²) >= 11 is 0. The van der Waals surface area contributed by atoms with Gasteiger partial charge in [-0.2, -0.15) is 0 Å². The zero-order valence-corrected chi connectivity index (χ0v) is 19.7. The lowest BCUT2D eigenvalue weighted by Crippen LogP contribution is -2.11. The molecule has 0 aliphatic carbocycles. The molecule has 6 nitrogen and oxygen atoms in total. The average molecular weight is 438 g/mol. The highest BCUT2D eigenvalue weighted by atomic mass is 16.6. The van der Waals surface area contributed by atoms with Crippen molar-refractivity contribution in [1.82, 2.24) is 0 Å². The van der Waals surface area contributed by atoms with E-state index in [9.17, 15) is 20.0 Å². The van der Waals surface area contributed by atoms with Gasteiger partial charge in [0.25, 0.3) is 5.69 Å². The minimum absolute atomic E-state index is 0.00625. The first-order valence-corrected chi connectivity index (χ1v) is 11.9. The topological polar surface area (TPSA) is 101 Å². The number of hydrogen-bond acceptors (Lipinski definition) is 4.